The molecule has 2 N–H and O–H groups in total. The third kappa shape index (κ3) is 5.86. The van der Waals surface area contributed by atoms with Crippen molar-refractivity contribution in [3.05, 3.63) is 90.0 Å². The smallest absolute Gasteiger partial charge is 0.306 e. The summed E-state index contributed by atoms with van der Waals surface area (Å²) in [5.74, 6) is 0.411. The van der Waals surface area contributed by atoms with Crippen LogP contribution in [0, 0.1) is 0 Å². The number of nitrogens with one attached hydrogen (secondary N) is 2. The Bertz CT molecular complexity index is 1110. The highest BCUT2D eigenvalue weighted by Crippen LogP contribution is 2.29. The first-order valence-electron chi connectivity index (χ1n) is 10.6. The molecule has 1 aromatic heterocycles. The highest BCUT2D eigenvalue weighted by atomic mass is 16.5. The lowest BCUT2D eigenvalue weighted by molar-refractivity contribution is -0.145. The van der Waals surface area contributed by atoms with Crippen LogP contribution in [0.25, 0.3) is 22.5 Å². The summed E-state index contributed by atoms with van der Waals surface area (Å²) in [6, 6.07) is 26.1. The van der Waals surface area contributed by atoms with Gasteiger partial charge in [0.25, 0.3) is 0 Å². The molecule has 3 aromatic carbocycles. The van der Waals surface area contributed by atoms with Gasteiger partial charge < -0.3 is 10.1 Å². The molecule has 0 fully saturated rings. The minimum atomic E-state index is -0.166. The summed E-state index contributed by atoms with van der Waals surface area (Å²) in [6.45, 7) is 1.82. The number of carbonyl (C=O) groups excluding carboxylic acids is 1. The average Bonchev–Trinajstić information content (AvgIpc) is 3.39. The fourth-order valence-electron chi connectivity index (χ4n) is 3.41. The number of rotatable bonds is 10. The van der Waals surface area contributed by atoms with Gasteiger partial charge in [-0.15, -0.1) is 10.2 Å². The summed E-state index contributed by atoms with van der Waals surface area (Å²) in [4.78, 5) is 11.9. The fraction of sp³-hybridized carbons (Fsp3) is 0.200. The van der Waals surface area contributed by atoms with Crippen LogP contribution in [0.15, 0.2) is 78.9 Å². The van der Waals surface area contributed by atoms with Gasteiger partial charge in [-0.1, -0.05) is 78.9 Å². The summed E-state index contributed by atoms with van der Waals surface area (Å²) < 4.78 is 5.30. The van der Waals surface area contributed by atoms with Gasteiger partial charge in [0.1, 0.15) is 6.61 Å². The van der Waals surface area contributed by atoms with Crippen LogP contribution in [0.2, 0.25) is 0 Å². The van der Waals surface area contributed by atoms with Crippen molar-refractivity contribution in [2.45, 2.75) is 26.0 Å². The second kappa shape index (κ2) is 11.0. The molecule has 4 rings (SSSR count). The minimum Gasteiger partial charge on any atom is -0.461 e. The summed E-state index contributed by atoms with van der Waals surface area (Å²) in [5.41, 5.74) is 5.27. The second-order valence-corrected chi connectivity index (χ2v) is 7.40. The van der Waals surface area contributed by atoms with E-state index in [2.05, 4.69) is 56.3 Å². The van der Waals surface area contributed by atoms with Gasteiger partial charge >= 0.3 is 5.97 Å². The molecule has 1 heterocycles. The monoisotopic (exact) mass is 427 g/mol. The number of aromatic nitrogens is 4. The van der Waals surface area contributed by atoms with Crippen molar-refractivity contribution in [1.29, 1.82) is 0 Å². The van der Waals surface area contributed by atoms with Gasteiger partial charge in [0.15, 0.2) is 0 Å². The zero-order valence-corrected chi connectivity index (χ0v) is 17.7. The average molecular weight is 428 g/mol. The first-order chi connectivity index (χ1) is 15.8. The van der Waals surface area contributed by atoms with Gasteiger partial charge in [0.2, 0.25) is 5.82 Å². The first-order valence-corrected chi connectivity index (χ1v) is 10.6. The molecular weight excluding hydrogens is 402 g/mol. The third-order valence-corrected chi connectivity index (χ3v) is 5.08. The standard InChI is InChI=1S/C25H25N5O2/c31-24(32-18-20-7-2-1-3-8-20)11-6-16-26-17-19-12-14-21(15-13-19)22-9-4-5-10-23(22)25-27-29-30-28-25/h1-5,7-10,12-15,26H,6,11,16-18H2,(H,27,28,29,30). The Labute approximate surface area is 186 Å². The maximum atomic E-state index is 11.9. The van der Waals surface area contributed by atoms with Gasteiger partial charge in [-0.3, -0.25) is 4.79 Å². The molecular formula is C25H25N5O2. The number of carbonyl (C=O) groups is 1. The molecule has 0 aliphatic rings. The van der Waals surface area contributed by atoms with Crippen molar-refractivity contribution < 1.29 is 9.53 Å². The molecule has 32 heavy (non-hydrogen) atoms. The highest BCUT2D eigenvalue weighted by molar-refractivity contribution is 5.80. The number of hydrogen-bond acceptors (Lipinski definition) is 6. The molecule has 0 saturated heterocycles. The van der Waals surface area contributed by atoms with E-state index in [1.165, 1.54) is 5.56 Å². The van der Waals surface area contributed by atoms with Crippen molar-refractivity contribution in [2.75, 3.05) is 6.54 Å². The van der Waals surface area contributed by atoms with Crippen molar-refractivity contribution in [3.8, 4) is 22.5 Å². The molecule has 162 valence electrons. The fourth-order valence-corrected chi connectivity index (χ4v) is 3.41. The van der Waals surface area contributed by atoms with E-state index in [9.17, 15) is 4.79 Å². The zero-order valence-electron chi connectivity index (χ0n) is 17.7. The molecule has 0 unspecified atom stereocenters. The number of benzene rings is 3. The first kappa shape index (κ1) is 21.4. The summed E-state index contributed by atoms with van der Waals surface area (Å²) in [6.07, 6.45) is 1.15. The van der Waals surface area contributed by atoms with Crippen molar-refractivity contribution >= 4 is 5.97 Å². The van der Waals surface area contributed by atoms with E-state index < -0.39 is 0 Å². The van der Waals surface area contributed by atoms with E-state index in [-0.39, 0.29) is 5.97 Å². The molecule has 0 radical (unpaired) electrons. The lowest BCUT2D eigenvalue weighted by Crippen LogP contribution is -2.16. The van der Waals surface area contributed by atoms with Gasteiger partial charge in [-0.05, 0) is 40.4 Å². The zero-order chi connectivity index (χ0) is 22.0. The molecule has 0 atom stereocenters. The Kier molecular flexibility index (Phi) is 7.34. The number of esters is 1. The molecule has 7 nitrogen and oxygen atoms in total. The SMILES string of the molecule is O=C(CCCNCc1ccc(-c2ccccc2-c2nn[nH]n2)cc1)OCc1ccccc1. The van der Waals surface area contributed by atoms with Crippen molar-refractivity contribution in [2.24, 2.45) is 0 Å². The predicted molar refractivity (Wildman–Crippen MR) is 122 cm³/mol. The van der Waals surface area contributed by atoms with Crippen LogP contribution in [-0.2, 0) is 22.7 Å². The van der Waals surface area contributed by atoms with Crippen LogP contribution < -0.4 is 5.32 Å². The number of hydrogen-bond donors (Lipinski definition) is 2. The molecule has 4 aromatic rings. The summed E-state index contributed by atoms with van der Waals surface area (Å²) in [5, 5.41) is 17.7. The lowest BCUT2D eigenvalue weighted by atomic mass is 9.98. The van der Waals surface area contributed by atoms with E-state index >= 15 is 0 Å². The van der Waals surface area contributed by atoms with Crippen LogP contribution in [-0.4, -0.2) is 33.1 Å². The second-order valence-electron chi connectivity index (χ2n) is 7.40. The molecule has 0 saturated carbocycles. The normalized spacial score (nSPS) is 10.8. The number of tetrazole rings is 1. The van der Waals surface area contributed by atoms with Crippen molar-refractivity contribution in [3.63, 3.8) is 0 Å². The topological polar surface area (TPSA) is 92.8 Å². The lowest BCUT2D eigenvalue weighted by Gasteiger charge is -2.09. The Morgan fingerprint density at radius 3 is 2.38 bits per heavy atom. The molecule has 0 aliphatic heterocycles. The maximum absolute atomic E-state index is 11.9. The number of aromatic amines is 1. The highest BCUT2D eigenvalue weighted by Gasteiger charge is 2.10. The molecule has 7 heteroatoms. The Morgan fingerprint density at radius 2 is 1.62 bits per heavy atom. The van der Waals surface area contributed by atoms with E-state index in [1.54, 1.807) is 0 Å². The molecule has 0 spiro atoms. The Hall–Kier alpha value is -3.84. The predicted octanol–water partition coefficient (Wildman–Crippen LogP) is 4.15. The quantitative estimate of drug-likeness (QED) is 0.292. The molecule has 0 aliphatic carbocycles. The van der Waals surface area contributed by atoms with Crippen molar-refractivity contribution in [1.82, 2.24) is 25.9 Å². The maximum Gasteiger partial charge on any atom is 0.306 e. The number of H-pyrrole nitrogens is 1. The van der Waals surface area contributed by atoms with E-state index in [1.807, 2.05) is 48.5 Å². The van der Waals surface area contributed by atoms with Gasteiger partial charge in [0, 0.05) is 18.5 Å². The third-order valence-electron chi connectivity index (χ3n) is 5.08. The molecule has 0 bridgehead atoms. The molecule has 0 amide bonds. The van der Waals surface area contributed by atoms with Gasteiger partial charge in [-0.25, -0.2) is 0 Å². The minimum absolute atomic E-state index is 0.166. The van der Waals surface area contributed by atoms with Crippen LogP contribution in [0.1, 0.15) is 24.0 Å². The van der Waals surface area contributed by atoms with Crippen LogP contribution >= 0.6 is 0 Å². The number of ether oxygens (including phenoxy) is 1. The van der Waals surface area contributed by atoms with E-state index in [4.69, 9.17) is 4.74 Å². The van der Waals surface area contributed by atoms with Crippen LogP contribution in [0.3, 0.4) is 0 Å². The van der Waals surface area contributed by atoms with Crippen LogP contribution in [0.4, 0.5) is 0 Å². The van der Waals surface area contributed by atoms with E-state index in [0.29, 0.717) is 18.9 Å². The Balaban J connectivity index is 1.21. The Morgan fingerprint density at radius 1 is 0.875 bits per heavy atom. The number of nitrogens with zero attached hydrogens (tertiary/aromatic N) is 3. The summed E-state index contributed by atoms with van der Waals surface area (Å²) >= 11 is 0. The summed E-state index contributed by atoms with van der Waals surface area (Å²) in [7, 11) is 0. The van der Waals surface area contributed by atoms with Gasteiger partial charge in [-0.2, -0.15) is 5.21 Å². The van der Waals surface area contributed by atoms with Crippen LogP contribution in [0.5, 0.6) is 0 Å². The van der Waals surface area contributed by atoms with E-state index in [0.717, 1.165) is 41.8 Å². The largest absolute Gasteiger partial charge is 0.461 e. The van der Waals surface area contributed by atoms with Gasteiger partial charge in [0.05, 0.1) is 0 Å².